The second kappa shape index (κ2) is 8.81. The van der Waals surface area contributed by atoms with Gasteiger partial charge in [0.1, 0.15) is 4.21 Å². The van der Waals surface area contributed by atoms with Crippen LogP contribution in [0.3, 0.4) is 0 Å². The molecule has 1 unspecified atom stereocenters. The maximum absolute atomic E-state index is 12.8. The van der Waals surface area contributed by atoms with Crippen molar-refractivity contribution in [2.24, 2.45) is 5.92 Å². The van der Waals surface area contributed by atoms with Gasteiger partial charge in [0.15, 0.2) is 0 Å². The summed E-state index contributed by atoms with van der Waals surface area (Å²) in [7, 11) is -3.48. The van der Waals surface area contributed by atoms with Gasteiger partial charge in [-0.2, -0.15) is 4.31 Å². The molecule has 2 fully saturated rings. The third-order valence-electron chi connectivity index (χ3n) is 4.69. The van der Waals surface area contributed by atoms with Gasteiger partial charge in [0, 0.05) is 37.6 Å². The minimum absolute atomic E-state index is 0. The highest BCUT2D eigenvalue weighted by molar-refractivity contribution is 7.91. The molecule has 0 radical (unpaired) electrons. The maximum Gasteiger partial charge on any atom is 0.252 e. The van der Waals surface area contributed by atoms with Crippen molar-refractivity contribution in [3.8, 4) is 0 Å². The van der Waals surface area contributed by atoms with E-state index in [4.69, 9.17) is 0 Å². The van der Waals surface area contributed by atoms with E-state index in [-0.39, 0.29) is 24.2 Å². The van der Waals surface area contributed by atoms with Gasteiger partial charge in [-0.3, -0.25) is 4.79 Å². The van der Waals surface area contributed by atoms with Crippen LogP contribution in [0.4, 0.5) is 0 Å². The Kier molecular flexibility index (Phi) is 7.28. The molecule has 9 heteroatoms. The molecule has 2 aliphatic heterocycles. The fraction of sp³-hybridized carbons (Fsp3) is 0.688. The van der Waals surface area contributed by atoms with Crippen LogP contribution in [0.1, 0.15) is 24.1 Å². The molecule has 2 aliphatic rings. The van der Waals surface area contributed by atoms with Crippen molar-refractivity contribution >= 4 is 39.7 Å². The van der Waals surface area contributed by atoms with Gasteiger partial charge in [0.2, 0.25) is 5.91 Å². The summed E-state index contributed by atoms with van der Waals surface area (Å²) in [6.45, 7) is 5.94. The summed E-state index contributed by atoms with van der Waals surface area (Å²) in [6.07, 6.45) is 2.47. The molecule has 25 heavy (non-hydrogen) atoms. The molecule has 1 amide bonds. The predicted octanol–water partition coefficient (Wildman–Crippen LogP) is 1.70. The van der Waals surface area contributed by atoms with Gasteiger partial charge in [-0.25, -0.2) is 8.42 Å². The van der Waals surface area contributed by atoms with E-state index in [1.807, 2.05) is 17.9 Å². The van der Waals surface area contributed by atoms with Crippen LogP contribution in [0.25, 0.3) is 0 Å². The Labute approximate surface area is 160 Å². The monoisotopic (exact) mass is 407 g/mol. The Morgan fingerprint density at radius 1 is 1.20 bits per heavy atom. The topological polar surface area (TPSA) is 69.7 Å². The first kappa shape index (κ1) is 20.6. The molecule has 1 atom stereocenters. The van der Waals surface area contributed by atoms with Gasteiger partial charge in [-0.15, -0.1) is 23.7 Å². The molecule has 2 saturated heterocycles. The van der Waals surface area contributed by atoms with Gasteiger partial charge in [0.05, 0.1) is 5.92 Å². The maximum atomic E-state index is 12.8. The molecule has 1 aromatic heterocycles. The Morgan fingerprint density at radius 3 is 2.72 bits per heavy atom. The molecule has 3 heterocycles. The van der Waals surface area contributed by atoms with Gasteiger partial charge >= 0.3 is 0 Å². The van der Waals surface area contributed by atoms with E-state index in [9.17, 15) is 13.2 Å². The summed E-state index contributed by atoms with van der Waals surface area (Å²) < 4.78 is 27.5. The van der Waals surface area contributed by atoms with E-state index in [1.165, 1.54) is 15.6 Å². The lowest BCUT2D eigenvalue weighted by Gasteiger charge is -2.33. The molecule has 0 aromatic carbocycles. The molecule has 1 N–H and O–H groups in total. The number of thiophene rings is 1. The zero-order valence-electron chi connectivity index (χ0n) is 14.4. The number of hydrogen-bond donors (Lipinski definition) is 1. The number of amides is 1. The first-order valence-electron chi connectivity index (χ1n) is 8.54. The molecular formula is C16H26ClN3O3S2. The van der Waals surface area contributed by atoms with E-state index in [1.54, 1.807) is 6.07 Å². The number of carbonyl (C=O) groups is 1. The molecule has 6 nitrogen and oxygen atoms in total. The Morgan fingerprint density at radius 2 is 2.00 bits per heavy atom. The van der Waals surface area contributed by atoms with Crippen molar-refractivity contribution in [1.29, 1.82) is 0 Å². The second-order valence-electron chi connectivity index (χ2n) is 6.50. The number of rotatable bonds is 3. The Balaban J connectivity index is 0.00000225. The van der Waals surface area contributed by atoms with Crippen molar-refractivity contribution in [3.63, 3.8) is 0 Å². The van der Waals surface area contributed by atoms with E-state index >= 15 is 0 Å². The van der Waals surface area contributed by atoms with E-state index in [2.05, 4.69) is 5.32 Å². The first-order valence-corrected chi connectivity index (χ1v) is 10.8. The summed E-state index contributed by atoms with van der Waals surface area (Å²) in [5.41, 5.74) is 0. The molecule has 1 aromatic rings. The van der Waals surface area contributed by atoms with Gasteiger partial charge in [0.25, 0.3) is 10.0 Å². The molecule has 0 bridgehead atoms. The van der Waals surface area contributed by atoms with E-state index in [0.29, 0.717) is 23.8 Å². The van der Waals surface area contributed by atoms with Crippen molar-refractivity contribution in [2.45, 2.75) is 30.4 Å². The number of carbonyl (C=O) groups excluding carboxylic acids is 1. The normalized spacial score (nSPS) is 22.9. The van der Waals surface area contributed by atoms with Crippen LogP contribution in [0.5, 0.6) is 0 Å². The third kappa shape index (κ3) is 4.74. The molecule has 142 valence electrons. The number of aryl methyl sites for hydroxylation is 1. The predicted molar refractivity (Wildman–Crippen MR) is 102 cm³/mol. The van der Waals surface area contributed by atoms with Crippen LogP contribution >= 0.6 is 23.7 Å². The summed E-state index contributed by atoms with van der Waals surface area (Å²) in [4.78, 5) is 15.7. The van der Waals surface area contributed by atoms with E-state index < -0.39 is 10.0 Å². The highest BCUT2D eigenvalue weighted by Gasteiger charge is 2.35. The average Bonchev–Trinajstić information content (AvgIpc) is 2.86. The average molecular weight is 408 g/mol. The van der Waals surface area contributed by atoms with Gasteiger partial charge in [-0.05, 0) is 44.9 Å². The van der Waals surface area contributed by atoms with Crippen LogP contribution < -0.4 is 5.32 Å². The smallest absolute Gasteiger partial charge is 0.252 e. The summed E-state index contributed by atoms with van der Waals surface area (Å²) in [5, 5.41) is 3.29. The summed E-state index contributed by atoms with van der Waals surface area (Å²) in [6, 6.07) is 3.50. The van der Waals surface area contributed by atoms with Crippen molar-refractivity contribution in [1.82, 2.24) is 14.5 Å². The Bertz CT molecular complexity index is 685. The third-order valence-corrected chi connectivity index (χ3v) is 8.03. The van der Waals surface area contributed by atoms with E-state index in [0.717, 1.165) is 43.8 Å². The lowest BCUT2D eigenvalue weighted by molar-refractivity contribution is -0.136. The summed E-state index contributed by atoms with van der Waals surface area (Å²) >= 11 is 1.30. The zero-order chi connectivity index (χ0) is 17.2. The fourth-order valence-electron chi connectivity index (χ4n) is 3.36. The zero-order valence-corrected chi connectivity index (χ0v) is 16.9. The summed E-state index contributed by atoms with van der Waals surface area (Å²) in [5.74, 6) is -0.103. The number of nitrogens with one attached hydrogen (secondary N) is 1. The largest absolute Gasteiger partial charge is 0.341 e. The van der Waals surface area contributed by atoms with Crippen LogP contribution in [-0.2, 0) is 14.8 Å². The van der Waals surface area contributed by atoms with Crippen LogP contribution in [-0.4, -0.2) is 62.8 Å². The number of halogens is 1. The van der Waals surface area contributed by atoms with Gasteiger partial charge < -0.3 is 10.2 Å². The minimum Gasteiger partial charge on any atom is -0.341 e. The SMILES string of the molecule is Cc1ccc(S(=O)(=O)N2CCCC(C(=O)N3CCCNCC3)C2)s1.Cl. The van der Waals surface area contributed by atoms with Gasteiger partial charge in [-0.1, -0.05) is 0 Å². The van der Waals surface area contributed by atoms with Crippen molar-refractivity contribution < 1.29 is 13.2 Å². The fourth-order valence-corrected chi connectivity index (χ4v) is 6.33. The number of sulfonamides is 1. The molecule has 3 rings (SSSR count). The first-order chi connectivity index (χ1) is 11.5. The van der Waals surface area contributed by atoms with Crippen LogP contribution in [0.15, 0.2) is 16.3 Å². The van der Waals surface area contributed by atoms with Crippen molar-refractivity contribution in [3.05, 3.63) is 17.0 Å². The number of piperidine rings is 1. The highest BCUT2D eigenvalue weighted by atomic mass is 35.5. The quantitative estimate of drug-likeness (QED) is 0.827. The Hall–Kier alpha value is -0.670. The molecule has 0 spiro atoms. The van der Waals surface area contributed by atoms with Crippen LogP contribution in [0, 0.1) is 12.8 Å². The lowest BCUT2D eigenvalue weighted by atomic mass is 9.98. The number of hydrogen-bond acceptors (Lipinski definition) is 5. The molecule has 0 saturated carbocycles. The number of nitrogens with zero attached hydrogens (tertiary/aromatic N) is 2. The minimum atomic E-state index is -3.48. The lowest BCUT2D eigenvalue weighted by Crippen LogP contribution is -2.47. The molecule has 0 aliphatic carbocycles. The standard InChI is InChI=1S/C16H25N3O3S2.ClH/c1-13-5-6-15(23-13)24(21,22)19-10-2-4-14(12-19)16(20)18-9-3-7-17-8-11-18;/h5-6,14,17H,2-4,7-12H2,1H3;1H. The second-order valence-corrected chi connectivity index (χ2v) is 9.95. The highest BCUT2D eigenvalue weighted by Crippen LogP contribution is 2.28. The molecular weight excluding hydrogens is 382 g/mol. The van der Waals surface area contributed by atoms with Crippen molar-refractivity contribution in [2.75, 3.05) is 39.3 Å². The van der Waals surface area contributed by atoms with Crippen LogP contribution in [0.2, 0.25) is 0 Å².